The number of hydrogen-bond donors (Lipinski definition) is 2. The van der Waals surface area contributed by atoms with Gasteiger partial charge in [-0.15, -0.1) is 5.10 Å². The Labute approximate surface area is 115 Å². The Morgan fingerprint density at radius 2 is 2.11 bits per heavy atom. The molecule has 0 bridgehead atoms. The van der Waals surface area contributed by atoms with E-state index >= 15 is 0 Å². The highest BCUT2D eigenvalue weighted by atomic mass is 32.1. The molecular weight excluding hydrogens is 260 g/mol. The van der Waals surface area contributed by atoms with Crippen LogP contribution in [0.2, 0.25) is 0 Å². The van der Waals surface area contributed by atoms with E-state index in [-0.39, 0.29) is 6.04 Å². The van der Waals surface area contributed by atoms with Crippen molar-refractivity contribution >= 4 is 11.5 Å². The van der Waals surface area contributed by atoms with E-state index in [0.717, 1.165) is 21.9 Å². The molecule has 1 heterocycles. The first-order valence-electron chi connectivity index (χ1n) is 6.29. The number of aryl methyl sites for hydroxylation is 1. The molecule has 6 heteroatoms. The van der Waals surface area contributed by atoms with E-state index in [1.54, 1.807) is 0 Å². The van der Waals surface area contributed by atoms with Crippen molar-refractivity contribution in [3.8, 4) is 5.75 Å². The SMILES string of the molecule is Cc1nnsc1C(NN)c1ccc(OC2CC2)cc1. The maximum absolute atomic E-state index is 5.73. The second kappa shape index (κ2) is 5.24. The number of hydrazine groups is 1. The summed E-state index contributed by atoms with van der Waals surface area (Å²) >= 11 is 1.37. The molecule has 1 aromatic carbocycles. The molecule has 0 amide bonds. The lowest BCUT2D eigenvalue weighted by Crippen LogP contribution is -2.28. The predicted molar refractivity (Wildman–Crippen MR) is 73.9 cm³/mol. The third kappa shape index (κ3) is 2.75. The summed E-state index contributed by atoms with van der Waals surface area (Å²) in [6.45, 7) is 1.94. The van der Waals surface area contributed by atoms with Crippen LogP contribution in [-0.2, 0) is 0 Å². The molecule has 0 aliphatic heterocycles. The molecule has 1 fully saturated rings. The third-order valence-corrected chi connectivity index (χ3v) is 4.05. The van der Waals surface area contributed by atoms with E-state index in [4.69, 9.17) is 10.6 Å². The average molecular weight is 276 g/mol. The van der Waals surface area contributed by atoms with Crippen LogP contribution in [-0.4, -0.2) is 15.7 Å². The molecule has 1 aliphatic rings. The lowest BCUT2D eigenvalue weighted by molar-refractivity contribution is 0.303. The minimum absolute atomic E-state index is 0.0741. The van der Waals surface area contributed by atoms with Gasteiger partial charge in [0.2, 0.25) is 0 Å². The largest absolute Gasteiger partial charge is 0.490 e. The van der Waals surface area contributed by atoms with Gasteiger partial charge in [0.15, 0.2) is 0 Å². The van der Waals surface area contributed by atoms with Crippen LogP contribution in [0.3, 0.4) is 0 Å². The molecule has 0 saturated heterocycles. The van der Waals surface area contributed by atoms with Crippen molar-refractivity contribution in [2.45, 2.75) is 31.9 Å². The number of ether oxygens (including phenoxy) is 1. The second-order valence-corrected chi connectivity index (χ2v) is 5.49. The number of nitrogens with zero attached hydrogens (tertiary/aromatic N) is 2. The molecule has 5 nitrogen and oxygen atoms in total. The van der Waals surface area contributed by atoms with E-state index in [9.17, 15) is 0 Å². The molecule has 0 radical (unpaired) electrons. The van der Waals surface area contributed by atoms with Gasteiger partial charge in [-0.2, -0.15) is 0 Å². The molecule has 1 unspecified atom stereocenters. The van der Waals surface area contributed by atoms with E-state index in [2.05, 4.69) is 15.0 Å². The first-order valence-corrected chi connectivity index (χ1v) is 7.07. The van der Waals surface area contributed by atoms with Gasteiger partial charge in [0.1, 0.15) is 5.75 Å². The van der Waals surface area contributed by atoms with Gasteiger partial charge in [0, 0.05) is 0 Å². The van der Waals surface area contributed by atoms with Crippen LogP contribution in [0.15, 0.2) is 24.3 Å². The molecular formula is C13H16N4OS. The maximum Gasteiger partial charge on any atom is 0.119 e. The van der Waals surface area contributed by atoms with Gasteiger partial charge in [-0.25, -0.2) is 5.43 Å². The maximum atomic E-state index is 5.73. The van der Waals surface area contributed by atoms with Crippen molar-refractivity contribution in [3.63, 3.8) is 0 Å². The molecule has 1 saturated carbocycles. The van der Waals surface area contributed by atoms with Gasteiger partial charge in [-0.05, 0) is 49.0 Å². The minimum atomic E-state index is -0.0741. The Kier molecular flexibility index (Phi) is 3.46. The van der Waals surface area contributed by atoms with Crippen LogP contribution < -0.4 is 16.0 Å². The Bertz CT molecular complexity index is 550. The van der Waals surface area contributed by atoms with Gasteiger partial charge in [0.25, 0.3) is 0 Å². The number of nitrogens with one attached hydrogen (secondary N) is 1. The Balaban J connectivity index is 1.81. The molecule has 0 spiro atoms. The van der Waals surface area contributed by atoms with Crippen LogP contribution in [0, 0.1) is 6.92 Å². The van der Waals surface area contributed by atoms with E-state index in [0.29, 0.717) is 6.10 Å². The molecule has 1 aromatic heterocycles. The summed E-state index contributed by atoms with van der Waals surface area (Å²) in [6.07, 6.45) is 2.75. The second-order valence-electron chi connectivity index (χ2n) is 4.71. The molecule has 3 N–H and O–H groups in total. The molecule has 19 heavy (non-hydrogen) atoms. The highest BCUT2D eigenvalue weighted by molar-refractivity contribution is 7.05. The lowest BCUT2D eigenvalue weighted by Gasteiger charge is -2.15. The van der Waals surface area contributed by atoms with Gasteiger partial charge in [0.05, 0.1) is 22.7 Å². The summed E-state index contributed by atoms with van der Waals surface area (Å²) in [7, 11) is 0. The summed E-state index contributed by atoms with van der Waals surface area (Å²) in [5.41, 5.74) is 4.82. The molecule has 3 rings (SSSR count). The summed E-state index contributed by atoms with van der Waals surface area (Å²) in [4.78, 5) is 1.04. The average Bonchev–Trinajstić information content (AvgIpc) is 3.14. The Morgan fingerprint density at radius 1 is 1.37 bits per heavy atom. The quantitative estimate of drug-likeness (QED) is 0.645. The van der Waals surface area contributed by atoms with Crippen molar-refractivity contribution in [3.05, 3.63) is 40.4 Å². The number of benzene rings is 1. The number of hydrogen-bond acceptors (Lipinski definition) is 6. The monoisotopic (exact) mass is 276 g/mol. The van der Waals surface area contributed by atoms with Crippen LogP contribution in [0.1, 0.15) is 35.0 Å². The molecule has 100 valence electrons. The zero-order chi connectivity index (χ0) is 13.2. The van der Waals surface area contributed by atoms with E-state index in [1.807, 2.05) is 31.2 Å². The summed E-state index contributed by atoms with van der Waals surface area (Å²) in [5, 5.41) is 4.02. The highest BCUT2D eigenvalue weighted by Crippen LogP contribution is 2.30. The first kappa shape index (κ1) is 12.5. The predicted octanol–water partition coefficient (Wildman–Crippen LogP) is 1.94. The fourth-order valence-corrected chi connectivity index (χ4v) is 2.68. The van der Waals surface area contributed by atoms with Gasteiger partial charge in [-0.3, -0.25) is 5.84 Å². The van der Waals surface area contributed by atoms with Crippen molar-refractivity contribution in [1.82, 2.24) is 15.0 Å². The summed E-state index contributed by atoms with van der Waals surface area (Å²) < 4.78 is 9.69. The normalized spacial score (nSPS) is 16.3. The fraction of sp³-hybridized carbons (Fsp3) is 0.385. The number of rotatable bonds is 5. The fourth-order valence-electron chi connectivity index (χ4n) is 1.94. The van der Waals surface area contributed by atoms with E-state index in [1.165, 1.54) is 24.4 Å². The molecule has 2 aromatic rings. The first-order chi connectivity index (χ1) is 9.28. The Morgan fingerprint density at radius 3 is 2.63 bits per heavy atom. The van der Waals surface area contributed by atoms with Crippen LogP contribution in [0.5, 0.6) is 5.75 Å². The highest BCUT2D eigenvalue weighted by Gasteiger charge is 2.23. The lowest BCUT2D eigenvalue weighted by atomic mass is 10.1. The van der Waals surface area contributed by atoms with Crippen LogP contribution in [0.4, 0.5) is 0 Å². The third-order valence-electron chi connectivity index (χ3n) is 3.16. The van der Waals surface area contributed by atoms with Gasteiger partial charge < -0.3 is 4.74 Å². The van der Waals surface area contributed by atoms with Crippen molar-refractivity contribution in [1.29, 1.82) is 0 Å². The van der Waals surface area contributed by atoms with E-state index < -0.39 is 0 Å². The molecule has 1 aliphatic carbocycles. The van der Waals surface area contributed by atoms with Crippen molar-refractivity contribution in [2.24, 2.45) is 5.84 Å². The minimum Gasteiger partial charge on any atom is -0.490 e. The summed E-state index contributed by atoms with van der Waals surface area (Å²) in [5.74, 6) is 6.58. The standard InChI is InChI=1S/C13H16N4OS/c1-8-13(19-17-16-8)12(15-14)9-2-4-10(5-3-9)18-11-6-7-11/h2-5,11-12,15H,6-7,14H2,1H3. The van der Waals surface area contributed by atoms with Crippen molar-refractivity contribution < 1.29 is 4.74 Å². The Hall–Kier alpha value is -1.50. The zero-order valence-corrected chi connectivity index (χ0v) is 11.5. The number of nitrogens with two attached hydrogens (primary N) is 1. The van der Waals surface area contributed by atoms with Gasteiger partial charge >= 0.3 is 0 Å². The number of aromatic nitrogens is 2. The van der Waals surface area contributed by atoms with Crippen LogP contribution >= 0.6 is 11.5 Å². The summed E-state index contributed by atoms with van der Waals surface area (Å²) in [6, 6.07) is 7.96. The van der Waals surface area contributed by atoms with Crippen LogP contribution in [0.25, 0.3) is 0 Å². The smallest absolute Gasteiger partial charge is 0.119 e. The van der Waals surface area contributed by atoms with Crippen molar-refractivity contribution in [2.75, 3.05) is 0 Å². The van der Waals surface area contributed by atoms with Gasteiger partial charge in [-0.1, -0.05) is 16.6 Å². The topological polar surface area (TPSA) is 73.1 Å². The zero-order valence-electron chi connectivity index (χ0n) is 10.7. The molecule has 1 atom stereocenters.